The second-order valence-electron chi connectivity index (χ2n) is 6.06. The molecule has 1 N–H and O–H groups in total. The fourth-order valence-electron chi connectivity index (χ4n) is 2.72. The zero-order valence-corrected chi connectivity index (χ0v) is 13.2. The number of aryl methyl sites for hydroxylation is 1. The molecule has 6 heteroatoms. The third-order valence-corrected chi connectivity index (χ3v) is 4.27. The molecule has 116 valence electrons. The van der Waals surface area contributed by atoms with Crippen molar-refractivity contribution in [2.24, 2.45) is 7.05 Å². The van der Waals surface area contributed by atoms with E-state index in [0.29, 0.717) is 19.4 Å². The van der Waals surface area contributed by atoms with Crippen LogP contribution in [0.4, 0.5) is 0 Å². The predicted octanol–water partition coefficient (Wildman–Crippen LogP) is 0.868. The Balaban J connectivity index is 2.14. The van der Waals surface area contributed by atoms with Gasteiger partial charge in [-0.1, -0.05) is 6.92 Å². The molecule has 6 nitrogen and oxygen atoms in total. The first-order chi connectivity index (χ1) is 9.85. The largest absolute Gasteiger partial charge is 0.342 e. The molecular formula is C15H24N4O2. The van der Waals surface area contributed by atoms with Crippen molar-refractivity contribution in [3.8, 4) is 0 Å². The first kappa shape index (κ1) is 15.5. The van der Waals surface area contributed by atoms with Crippen molar-refractivity contribution in [1.82, 2.24) is 20.0 Å². The maximum Gasteiger partial charge on any atom is 0.248 e. The molecule has 2 atom stereocenters. The van der Waals surface area contributed by atoms with Crippen molar-refractivity contribution >= 4 is 11.8 Å². The van der Waals surface area contributed by atoms with Gasteiger partial charge in [-0.25, -0.2) is 0 Å². The Labute approximate surface area is 125 Å². The number of amides is 2. The topological polar surface area (TPSA) is 67.2 Å². The minimum Gasteiger partial charge on any atom is -0.342 e. The van der Waals surface area contributed by atoms with Crippen LogP contribution in [0.1, 0.15) is 39.2 Å². The molecule has 21 heavy (non-hydrogen) atoms. The van der Waals surface area contributed by atoms with Crippen LogP contribution in [-0.4, -0.2) is 44.6 Å². The summed E-state index contributed by atoms with van der Waals surface area (Å²) >= 11 is 0. The van der Waals surface area contributed by atoms with E-state index >= 15 is 0 Å². The van der Waals surface area contributed by atoms with Crippen LogP contribution in [0.5, 0.6) is 0 Å². The summed E-state index contributed by atoms with van der Waals surface area (Å²) in [6, 6.07) is -0.0810. The summed E-state index contributed by atoms with van der Waals surface area (Å²) < 4.78 is 1.75. The predicted molar refractivity (Wildman–Crippen MR) is 79.5 cm³/mol. The Bertz CT molecular complexity index is 540. The first-order valence-electron chi connectivity index (χ1n) is 7.45. The number of carbonyl (C=O) groups is 2. The molecule has 0 radical (unpaired) electrons. The normalized spacial score (nSPS) is 26.7. The van der Waals surface area contributed by atoms with E-state index in [9.17, 15) is 9.59 Å². The molecule has 0 spiro atoms. The SMILES string of the molecule is CCC1(C)NC(=O)CC(C)N(CCc2cnn(C)c2)C1=O. The second kappa shape index (κ2) is 5.87. The van der Waals surface area contributed by atoms with Gasteiger partial charge in [-0.3, -0.25) is 14.3 Å². The second-order valence-corrected chi connectivity index (χ2v) is 6.06. The van der Waals surface area contributed by atoms with Crippen LogP contribution in [0.2, 0.25) is 0 Å². The fraction of sp³-hybridized carbons (Fsp3) is 0.667. The van der Waals surface area contributed by atoms with Gasteiger partial charge in [0.1, 0.15) is 5.54 Å². The first-order valence-corrected chi connectivity index (χ1v) is 7.45. The third-order valence-electron chi connectivity index (χ3n) is 4.27. The summed E-state index contributed by atoms with van der Waals surface area (Å²) in [4.78, 5) is 26.5. The molecule has 0 aliphatic carbocycles. The number of rotatable bonds is 4. The van der Waals surface area contributed by atoms with Gasteiger partial charge in [0.15, 0.2) is 0 Å². The summed E-state index contributed by atoms with van der Waals surface area (Å²) in [7, 11) is 1.87. The molecule has 1 saturated heterocycles. The Morgan fingerprint density at radius 1 is 1.48 bits per heavy atom. The lowest BCUT2D eigenvalue weighted by Gasteiger charge is -2.33. The Kier molecular flexibility index (Phi) is 4.34. The van der Waals surface area contributed by atoms with Gasteiger partial charge >= 0.3 is 0 Å². The molecular weight excluding hydrogens is 268 g/mol. The number of nitrogens with one attached hydrogen (secondary N) is 1. The highest BCUT2D eigenvalue weighted by atomic mass is 16.2. The van der Waals surface area contributed by atoms with E-state index < -0.39 is 5.54 Å². The van der Waals surface area contributed by atoms with E-state index in [4.69, 9.17) is 0 Å². The van der Waals surface area contributed by atoms with Crippen LogP contribution >= 0.6 is 0 Å². The van der Waals surface area contributed by atoms with Crippen LogP contribution in [0.15, 0.2) is 12.4 Å². The van der Waals surface area contributed by atoms with Gasteiger partial charge in [0.25, 0.3) is 0 Å². The van der Waals surface area contributed by atoms with E-state index in [-0.39, 0.29) is 17.9 Å². The molecule has 2 unspecified atom stereocenters. The lowest BCUT2D eigenvalue weighted by atomic mass is 9.97. The zero-order chi connectivity index (χ0) is 15.6. The number of aromatic nitrogens is 2. The lowest BCUT2D eigenvalue weighted by Crippen LogP contribution is -2.55. The Hall–Kier alpha value is -1.85. The van der Waals surface area contributed by atoms with Crippen LogP contribution in [-0.2, 0) is 23.1 Å². The highest BCUT2D eigenvalue weighted by molar-refractivity contribution is 5.93. The molecule has 0 bridgehead atoms. The Morgan fingerprint density at radius 2 is 2.19 bits per heavy atom. The summed E-state index contributed by atoms with van der Waals surface area (Å²) in [6.07, 6.45) is 5.46. The molecule has 0 saturated carbocycles. The quantitative estimate of drug-likeness (QED) is 0.895. The maximum absolute atomic E-state index is 12.8. The average molecular weight is 292 g/mol. The van der Waals surface area contributed by atoms with Crippen LogP contribution in [0.3, 0.4) is 0 Å². The summed E-state index contributed by atoms with van der Waals surface area (Å²) in [5.41, 5.74) is 0.302. The van der Waals surface area contributed by atoms with Crippen LogP contribution in [0, 0.1) is 0 Å². The van der Waals surface area contributed by atoms with Gasteiger partial charge in [-0.05, 0) is 32.3 Å². The van der Waals surface area contributed by atoms with Gasteiger partial charge in [0.2, 0.25) is 11.8 Å². The van der Waals surface area contributed by atoms with Crippen LogP contribution in [0.25, 0.3) is 0 Å². The zero-order valence-electron chi connectivity index (χ0n) is 13.2. The van der Waals surface area contributed by atoms with Crippen molar-refractivity contribution < 1.29 is 9.59 Å². The van der Waals surface area contributed by atoms with E-state index in [1.54, 1.807) is 4.68 Å². The fourth-order valence-corrected chi connectivity index (χ4v) is 2.72. The van der Waals surface area contributed by atoms with Crippen molar-refractivity contribution in [3.05, 3.63) is 18.0 Å². The van der Waals surface area contributed by atoms with E-state index in [2.05, 4.69) is 10.4 Å². The molecule has 1 aliphatic rings. The standard InChI is InChI=1S/C15H24N4O2/c1-5-15(3)14(21)19(11(2)8-13(20)17-15)7-6-12-9-16-18(4)10-12/h9-11H,5-8H2,1-4H3,(H,17,20). The molecule has 2 heterocycles. The van der Waals surface area contributed by atoms with Gasteiger partial charge in [-0.2, -0.15) is 5.10 Å². The number of hydrogen-bond donors (Lipinski definition) is 1. The maximum atomic E-state index is 12.8. The lowest BCUT2D eigenvalue weighted by molar-refractivity contribution is -0.139. The minimum absolute atomic E-state index is 0.00670. The monoisotopic (exact) mass is 292 g/mol. The van der Waals surface area contributed by atoms with E-state index in [1.165, 1.54) is 0 Å². The van der Waals surface area contributed by atoms with Gasteiger partial charge in [0, 0.05) is 32.3 Å². The minimum atomic E-state index is -0.795. The average Bonchev–Trinajstić information content (AvgIpc) is 2.80. The molecule has 1 aliphatic heterocycles. The summed E-state index contributed by atoms with van der Waals surface area (Å²) in [5.74, 6) is -0.0451. The molecule has 1 aromatic rings. The highest BCUT2D eigenvalue weighted by Crippen LogP contribution is 2.21. The number of hydrogen-bond acceptors (Lipinski definition) is 3. The van der Waals surface area contributed by atoms with Crippen molar-refractivity contribution in [2.75, 3.05) is 6.54 Å². The molecule has 0 aromatic carbocycles. The van der Waals surface area contributed by atoms with Crippen molar-refractivity contribution in [1.29, 1.82) is 0 Å². The number of carbonyl (C=O) groups excluding carboxylic acids is 2. The molecule has 2 amide bonds. The molecule has 2 rings (SSSR count). The molecule has 1 aromatic heterocycles. The number of nitrogens with zero attached hydrogens (tertiary/aromatic N) is 3. The third kappa shape index (κ3) is 3.25. The highest BCUT2D eigenvalue weighted by Gasteiger charge is 2.41. The molecule has 1 fully saturated rings. The van der Waals surface area contributed by atoms with E-state index in [0.717, 1.165) is 12.0 Å². The van der Waals surface area contributed by atoms with Crippen LogP contribution < -0.4 is 5.32 Å². The summed E-state index contributed by atoms with van der Waals surface area (Å²) in [5, 5.41) is 7.01. The van der Waals surface area contributed by atoms with Crippen molar-refractivity contribution in [3.63, 3.8) is 0 Å². The van der Waals surface area contributed by atoms with Gasteiger partial charge in [0.05, 0.1) is 6.20 Å². The smallest absolute Gasteiger partial charge is 0.248 e. The van der Waals surface area contributed by atoms with Gasteiger partial charge in [-0.15, -0.1) is 0 Å². The van der Waals surface area contributed by atoms with E-state index in [1.807, 2.05) is 45.1 Å². The van der Waals surface area contributed by atoms with Gasteiger partial charge < -0.3 is 10.2 Å². The summed E-state index contributed by atoms with van der Waals surface area (Å²) in [6.45, 7) is 6.27. The van der Waals surface area contributed by atoms with Crippen molar-refractivity contribution in [2.45, 2.75) is 51.6 Å². The Morgan fingerprint density at radius 3 is 2.76 bits per heavy atom.